The van der Waals surface area contributed by atoms with E-state index in [0.29, 0.717) is 6.04 Å². The van der Waals surface area contributed by atoms with E-state index in [1.807, 2.05) is 12.4 Å². The van der Waals surface area contributed by atoms with E-state index in [4.69, 9.17) is 0 Å². The second-order valence-electron chi connectivity index (χ2n) is 5.39. The first-order valence-corrected chi connectivity index (χ1v) is 8.00. The molecule has 1 atom stereocenters. The fourth-order valence-electron chi connectivity index (χ4n) is 2.97. The lowest BCUT2D eigenvalue weighted by atomic mass is 9.95. The van der Waals surface area contributed by atoms with E-state index in [9.17, 15) is 0 Å². The molecule has 2 aromatic rings. The Morgan fingerprint density at radius 3 is 2.55 bits per heavy atom. The number of aromatic nitrogens is 1. The van der Waals surface area contributed by atoms with Crippen molar-refractivity contribution < 1.29 is 0 Å². The van der Waals surface area contributed by atoms with Crippen molar-refractivity contribution >= 4 is 15.9 Å². The molecule has 104 valence electrons. The van der Waals surface area contributed by atoms with Crippen molar-refractivity contribution in [2.45, 2.75) is 31.8 Å². The molecule has 3 rings (SSSR count). The van der Waals surface area contributed by atoms with Gasteiger partial charge in [-0.2, -0.15) is 0 Å². The molecule has 0 N–H and O–H groups in total. The lowest BCUT2D eigenvalue weighted by Crippen LogP contribution is -2.32. The Hall–Kier alpha value is -1.19. The highest BCUT2D eigenvalue weighted by atomic mass is 79.9. The lowest BCUT2D eigenvalue weighted by molar-refractivity contribution is 0.140. The zero-order valence-electron chi connectivity index (χ0n) is 11.5. The third kappa shape index (κ3) is 3.28. The SMILES string of the molecule is Brc1ccc(C2CCCCN2Cc2ccncc2)cc1. The second kappa shape index (κ2) is 6.51. The summed E-state index contributed by atoms with van der Waals surface area (Å²) in [7, 11) is 0. The van der Waals surface area contributed by atoms with E-state index in [2.05, 4.69) is 62.2 Å². The number of pyridine rings is 1. The van der Waals surface area contributed by atoms with Gasteiger partial charge in [0.15, 0.2) is 0 Å². The first kappa shape index (κ1) is 13.8. The summed E-state index contributed by atoms with van der Waals surface area (Å²) in [5, 5.41) is 0. The minimum Gasteiger partial charge on any atom is -0.292 e. The van der Waals surface area contributed by atoms with Gasteiger partial charge >= 0.3 is 0 Å². The van der Waals surface area contributed by atoms with Crippen molar-refractivity contribution in [3.05, 3.63) is 64.4 Å². The summed E-state index contributed by atoms with van der Waals surface area (Å²) in [6, 6.07) is 13.6. The van der Waals surface area contributed by atoms with Gasteiger partial charge in [-0.1, -0.05) is 34.5 Å². The highest BCUT2D eigenvalue weighted by Gasteiger charge is 2.23. The lowest BCUT2D eigenvalue weighted by Gasteiger charge is -2.36. The molecule has 1 aliphatic rings. The molecule has 1 aromatic carbocycles. The molecule has 20 heavy (non-hydrogen) atoms. The van der Waals surface area contributed by atoms with Gasteiger partial charge in [-0.15, -0.1) is 0 Å². The molecule has 0 amide bonds. The molecule has 0 spiro atoms. The van der Waals surface area contributed by atoms with Crippen LogP contribution >= 0.6 is 15.9 Å². The number of hydrogen-bond donors (Lipinski definition) is 0. The first-order valence-electron chi connectivity index (χ1n) is 7.21. The summed E-state index contributed by atoms with van der Waals surface area (Å²) in [6.07, 6.45) is 7.65. The topological polar surface area (TPSA) is 16.1 Å². The van der Waals surface area contributed by atoms with Crippen molar-refractivity contribution in [1.29, 1.82) is 0 Å². The fourth-order valence-corrected chi connectivity index (χ4v) is 3.23. The summed E-state index contributed by atoms with van der Waals surface area (Å²) in [6.45, 7) is 2.20. The number of likely N-dealkylation sites (tertiary alicyclic amines) is 1. The standard InChI is InChI=1S/C17H19BrN2/c18-16-6-4-15(5-7-16)17-3-1-2-12-20(17)13-14-8-10-19-11-9-14/h4-11,17H,1-3,12-13H2. The van der Waals surface area contributed by atoms with Crippen LogP contribution in [-0.4, -0.2) is 16.4 Å². The van der Waals surface area contributed by atoms with Crippen LogP contribution in [0.4, 0.5) is 0 Å². The van der Waals surface area contributed by atoms with E-state index in [1.54, 1.807) is 0 Å². The summed E-state index contributed by atoms with van der Waals surface area (Å²) >= 11 is 3.52. The maximum Gasteiger partial charge on any atom is 0.0351 e. The van der Waals surface area contributed by atoms with E-state index >= 15 is 0 Å². The van der Waals surface area contributed by atoms with Crippen LogP contribution in [0.2, 0.25) is 0 Å². The van der Waals surface area contributed by atoms with Crippen LogP contribution in [0.3, 0.4) is 0 Å². The number of rotatable bonds is 3. The molecule has 2 heterocycles. The number of hydrogen-bond acceptors (Lipinski definition) is 2. The second-order valence-corrected chi connectivity index (χ2v) is 6.30. The molecular weight excluding hydrogens is 312 g/mol. The number of halogens is 1. The van der Waals surface area contributed by atoms with Crippen LogP contribution in [0.5, 0.6) is 0 Å². The zero-order chi connectivity index (χ0) is 13.8. The van der Waals surface area contributed by atoms with Crippen molar-refractivity contribution in [3.63, 3.8) is 0 Å². The molecule has 1 aliphatic heterocycles. The molecule has 0 aliphatic carbocycles. The Morgan fingerprint density at radius 1 is 1.05 bits per heavy atom. The average molecular weight is 331 g/mol. The predicted molar refractivity (Wildman–Crippen MR) is 85.4 cm³/mol. The molecule has 1 fully saturated rings. The third-order valence-corrected chi connectivity index (χ3v) is 4.53. The van der Waals surface area contributed by atoms with Gasteiger partial charge in [0, 0.05) is 29.5 Å². The highest BCUT2D eigenvalue weighted by Crippen LogP contribution is 2.32. The quantitative estimate of drug-likeness (QED) is 0.819. The van der Waals surface area contributed by atoms with Gasteiger partial charge in [-0.05, 0) is 54.8 Å². The van der Waals surface area contributed by atoms with Crippen LogP contribution < -0.4 is 0 Å². The van der Waals surface area contributed by atoms with Crippen LogP contribution in [0, 0.1) is 0 Å². The van der Waals surface area contributed by atoms with Crippen LogP contribution in [0.25, 0.3) is 0 Å². The molecule has 1 aromatic heterocycles. The summed E-state index contributed by atoms with van der Waals surface area (Å²) < 4.78 is 1.15. The third-order valence-electron chi connectivity index (χ3n) is 4.00. The van der Waals surface area contributed by atoms with E-state index < -0.39 is 0 Å². The Kier molecular flexibility index (Phi) is 4.48. The van der Waals surface area contributed by atoms with Crippen LogP contribution in [-0.2, 0) is 6.54 Å². The maximum atomic E-state index is 4.10. The highest BCUT2D eigenvalue weighted by molar-refractivity contribution is 9.10. The fraction of sp³-hybridized carbons (Fsp3) is 0.353. The molecular formula is C17H19BrN2. The smallest absolute Gasteiger partial charge is 0.0351 e. The molecule has 1 unspecified atom stereocenters. The molecule has 0 saturated carbocycles. The van der Waals surface area contributed by atoms with Gasteiger partial charge in [0.05, 0.1) is 0 Å². The zero-order valence-corrected chi connectivity index (χ0v) is 13.1. The number of piperidine rings is 1. The minimum absolute atomic E-state index is 0.546. The summed E-state index contributed by atoms with van der Waals surface area (Å²) in [5.74, 6) is 0. The predicted octanol–water partition coefficient (Wildman–Crippen LogP) is 4.57. The van der Waals surface area contributed by atoms with E-state index in [-0.39, 0.29) is 0 Å². The van der Waals surface area contributed by atoms with Crippen LogP contribution in [0.1, 0.15) is 36.4 Å². The molecule has 0 bridgehead atoms. The Morgan fingerprint density at radius 2 is 1.80 bits per heavy atom. The van der Waals surface area contributed by atoms with Gasteiger partial charge in [-0.3, -0.25) is 9.88 Å². The number of benzene rings is 1. The van der Waals surface area contributed by atoms with Gasteiger partial charge < -0.3 is 0 Å². The van der Waals surface area contributed by atoms with Gasteiger partial charge in [-0.25, -0.2) is 0 Å². The summed E-state index contributed by atoms with van der Waals surface area (Å²) in [4.78, 5) is 6.70. The Balaban J connectivity index is 1.78. The van der Waals surface area contributed by atoms with Crippen molar-refractivity contribution in [2.24, 2.45) is 0 Å². The van der Waals surface area contributed by atoms with Gasteiger partial charge in [0.25, 0.3) is 0 Å². The van der Waals surface area contributed by atoms with Crippen LogP contribution in [0.15, 0.2) is 53.3 Å². The maximum absolute atomic E-state index is 4.10. The summed E-state index contributed by atoms with van der Waals surface area (Å²) in [5.41, 5.74) is 2.78. The average Bonchev–Trinajstić information content (AvgIpc) is 2.50. The molecule has 3 heteroatoms. The largest absolute Gasteiger partial charge is 0.292 e. The van der Waals surface area contributed by atoms with Gasteiger partial charge in [0.1, 0.15) is 0 Å². The van der Waals surface area contributed by atoms with Crippen molar-refractivity contribution in [1.82, 2.24) is 9.88 Å². The first-order chi connectivity index (χ1) is 9.83. The Bertz CT molecular complexity index is 539. The van der Waals surface area contributed by atoms with Crippen molar-refractivity contribution in [3.8, 4) is 0 Å². The van der Waals surface area contributed by atoms with E-state index in [1.165, 1.54) is 36.9 Å². The number of nitrogens with zero attached hydrogens (tertiary/aromatic N) is 2. The van der Waals surface area contributed by atoms with Gasteiger partial charge in [0.2, 0.25) is 0 Å². The molecule has 2 nitrogen and oxygen atoms in total. The van der Waals surface area contributed by atoms with E-state index in [0.717, 1.165) is 11.0 Å². The monoisotopic (exact) mass is 330 g/mol. The Labute approximate surface area is 129 Å². The minimum atomic E-state index is 0.546. The molecule has 0 radical (unpaired) electrons. The normalized spacial score (nSPS) is 19.9. The molecule has 1 saturated heterocycles. The van der Waals surface area contributed by atoms with Crippen molar-refractivity contribution in [2.75, 3.05) is 6.54 Å².